The molecule has 0 saturated heterocycles. The summed E-state index contributed by atoms with van der Waals surface area (Å²) in [5.74, 6) is -13.7. The monoisotopic (exact) mass is 699 g/mol. The van der Waals surface area contributed by atoms with Gasteiger partial charge in [-0.15, -0.1) is 0 Å². The Kier molecular flexibility index (Phi) is 10.2. The predicted octanol–water partition coefficient (Wildman–Crippen LogP) is 3.63. The molecule has 0 aliphatic heterocycles. The SMILES string of the molecule is O=C(Nc1c(C(=O)O)cccc1C(=O)O)c1cc(C(=O)Nc2c(C(=O)O)cccc2C(=O)O)cc(C(=O)Nc2c(C(=O)O)cccc2C(=O)O)c1. The molecule has 0 radical (unpaired) electrons. The highest BCUT2D eigenvalue weighted by molar-refractivity contribution is 6.18. The topological polar surface area (TPSA) is 311 Å². The highest BCUT2D eigenvalue weighted by Crippen LogP contribution is 2.27. The first kappa shape index (κ1) is 36.0. The minimum atomic E-state index is -1.64. The van der Waals surface area contributed by atoms with Crippen LogP contribution in [0.3, 0.4) is 0 Å². The maximum atomic E-state index is 13.5. The third-order valence-corrected chi connectivity index (χ3v) is 7.01. The van der Waals surface area contributed by atoms with Gasteiger partial charge in [-0.05, 0) is 54.6 Å². The molecule has 0 aromatic heterocycles. The zero-order chi connectivity index (χ0) is 37.7. The fourth-order valence-electron chi connectivity index (χ4n) is 4.71. The maximum Gasteiger partial charge on any atom is 0.337 e. The highest BCUT2D eigenvalue weighted by Gasteiger charge is 2.26. The van der Waals surface area contributed by atoms with Crippen molar-refractivity contribution in [2.45, 2.75) is 0 Å². The third-order valence-electron chi connectivity index (χ3n) is 7.01. The summed E-state index contributed by atoms with van der Waals surface area (Å²) in [5.41, 5.74) is -7.90. The molecule has 0 heterocycles. The second kappa shape index (κ2) is 14.5. The van der Waals surface area contributed by atoms with E-state index in [0.717, 1.165) is 72.8 Å². The van der Waals surface area contributed by atoms with Gasteiger partial charge in [0.15, 0.2) is 0 Å². The number of rotatable bonds is 12. The van der Waals surface area contributed by atoms with Crippen LogP contribution in [0.15, 0.2) is 72.8 Å². The van der Waals surface area contributed by atoms with Crippen molar-refractivity contribution in [1.82, 2.24) is 0 Å². The average Bonchev–Trinajstić information content (AvgIpc) is 3.07. The van der Waals surface area contributed by atoms with Crippen molar-refractivity contribution in [3.8, 4) is 0 Å². The molecule has 4 aromatic rings. The number of hydrogen-bond donors (Lipinski definition) is 9. The van der Waals surface area contributed by atoms with E-state index in [4.69, 9.17) is 0 Å². The number of carbonyl (C=O) groups is 9. The van der Waals surface area contributed by atoms with Crippen LogP contribution in [0.4, 0.5) is 17.1 Å². The van der Waals surface area contributed by atoms with Crippen LogP contribution in [0.5, 0.6) is 0 Å². The Labute approximate surface area is 283 Å². The van der Waals surface area contributed by atoms with Gasteiger partial charge in [-0.2, -0.15) is 0 Å². The van der Waals surface area contributed by atoms with E-state index in [-0.39, 0.29) is 0 Å². The number of aromatic carboxylic acids is 6. The average molecular weight is 700 g/mol. The minimum absolute atomic E-state index is 0.626. The van der Waals surface area contributed by atoms with E-state index in [0.29, 0.717) is 0 Å². The fraction of sp³-hybridized carbons (Fsp3) is 0. The van der Waals surface area contributed by atoms with Gasteiger partial charge < -0.3 is 46.6 Å². The van der Waals surface area contributed by atoms with Gasteiger partial charge in [-0.1, -0.05) is 18.2 Å². The van der Waals surface area contributed by atoms with Crippen molar-refractivity contribution in [3.63, 3.8) is 0 Å². The Morgan fingerprint density at radius 2 is 0.510 bits per heavy atom. The van der Waals surface area contributed by atoms with Gasteiger partial charge in [-0.3, -0.25) is 14.4 Å². The Bertz CT molecular complexity index is 1870. The van der Waals surface area contributed by atoms with E-state index in [1.165, 1.54) is 0 Å². The third kappa shape index (κ3) is 7.65. The molecule has 3 amide bonds. The van der Waals surface area contributed by atoms with E-state index in [9.17, 15) is 73.8 Å². The van der Waals surface area contributed by atoms with Gasteiger partial charge in [0.25, 0.3) is 17.7 Å². The molecule has 9 N–H and O–H groups in total. The first-order chi connectivity index (χ1) is 24.0. The number of hydrogen-bond acceptors (Lipinski definition) is 9. The van der Waals surface area contributed by atoms with Gasteiger partial charge in [0, 0.05) is 16.7 Å². The van der Waals surface area contributed by atoms with Crippen molar-refractivity contribution in [3.05, 3.63) is 123 Å². The van der Waals surface area contributed by atoms with Crippen LogP contribution in [0, 0.1) is 0 Å². The fourth-order valence-corrected chi connectivity index (χ4v) is 4.71. The molecule has 0 aliphatic rings. The molecular formula is C33H21N3O15. The molecule has 18 heteroatoms. The van der Waals surface area contributed by atoms with Gasteiger partial charge in [0.1, 0.15) is 0 Å². The van der Waals surface area contributed by atoms with Crippen LogP contribution in [-0.2, 0) is 0 Å². The van der Waals surface area contributed by atoms with Gasteiger partial charge >= 0.3 is 35.8 Å². The second-order valence-electron chi connectivity index (χ2n) is 10.2. The van der Waals surface area contributed by atoms with Crippen LogP contribution < -0.4 is 16.0 Å². The second-order valence-corrected chi connectivity index (χ2v) is 10.2. The quantitative estimate of drug-likeness (QED) is 0.102. The van der Waals surface area contributed by atoms with Crippen LogP contribution in [0.25, 0.3) is 0 Å². The zero-order valence-electron chi connectivity index (χ0n) is 25.3. The molecule has 0 saturated carbocycles. The Balaban J connectivity index is 1.89. The number of anilines is 3. The Morgan fingerprint density at radius 1 is 0.333 bits per heavy atom. The number of benzene rings is 4. The van der Waals surface area contributed by atoms with Crippen LogP contribution in [-0.4, -0.2) is 84.2 Å². The summed E-state index contributed by atoms with van der Waals surface area (Å²) >= 11 is 0. The standard InChI is InChI=1S/C33H21N3O15/c37-25(34-22-16(28(40)41)4-1-5-17(22)29(42)43)13-10-14(26(38)35-23-18(30(44)45)6-2-7-19(23)31(46)47)12-15(11-13)27(39)36-24-20(32(48)49)8-3-9-21(24)33(50)51/h1-12H,(H,34,37)(H,35,38)(H,36,39)(H,40,41)(H,42,43)(H,44,45)(H,46,47)(H,48,49)(H,50,51). The van der Waals surface area contributed by atoms with E-state index in [1.807, 2.05) is 0 Å². The highest BCUT2D eigenvalue weighted by atomic mass is 16.4. The summed E-state index contributed by atoms with van der Waals surface area (Å²) < 4.78 is 0. The minimum Gasteiger partial charge on any atom is -0.478 e. The number of nitrogens with one attached hydrogen (secondary N) is 3. The lowest BCUT2D eigenvalue weighted by molar-refractivity contribution is 0.0678. The first-order valence-corrected chi connectivity index (χ1v) is 13.9. The van der Waals surface area contributed by atoms with Gasteiger partial charge in [0.05, 0.1) is 50.4 Å². The molecule has 0 aliphatic carbocycles. The summed E-state index contributed by atoms with van der Waals surface area (Å²) in [7, 11) is 0. The van der Waals surface area contributed by atoms with Crippen molar-refractivity contribution in [2.75, 3.05) is 16.0 Å². The number of amides is 3. The molecule has 0 unspecified atom stereocenters. The summed E-state index contributed by atoms with van der Waals surface area (Å²) in [5, 5.41) is 63.9. The molecule has 258 valence electrons. The lowest BCUT2D eigenvalue weighted by atomic mass is 10.0. The summed E-state index contributed by atoms with van der Waals surface area (Å²) in [6, 6.07) is 11.6. The summed E-state index contributed by atoms with van der Waals surface area (Å²) in [4.78, 5) is 112. The van der Waals surface area contributed by atoms with Crippen molar-refractivity contribution in [1.29, 1.82) is 0 Å². The van der Waals surface area contributed by atoms with Crippen molar-refractivity contribution >= 4 is 70.6 Å². The first-order valence-electron chi connectivity index (χ1n) is 13.9. The van der Waals surface area contributed by atoms with Crippen molar-refractivity contribution < 1.29 is 73.8 Å². The lowest BCUT2D eigenvalue weighted by Crippen LogP contribution is -2.23. The van der Waals surface area contributed by atoms with Crippen molar-refractivity contribution in [2.24, 2.45) is 0 Å². The largest absolute Gasteiger partial charge is 0.478 e. The Hall–Kier alpha value is -7.89. The number of carboxylic acids is 6. The Morgan fingerprint density at radius 3 is 0.667 bits per heavy atom. The molecule has 0 atom stereocenters. The van der Waals surface area contributed by atoms with Crippen LogP contribution in [0.1, 0.15) is 93.2 Å². The van der Waals surface area contributed by atoms with Crippen LogP contribution in [0.2, 0.25) is 0 Å². The predicted molar refractivity (Wildman–Crippen MR) is 171 cm³/mol. The molecule has 18 nitrogen and oxygen atoms in total. The van der Waals surface area contributed by atoms with E-state index in [1.54, 1.807) is 0 Å². The molecule has 0 bridgehead atoms. The van der Waals surface area contributed by atoms with Crippen LogP contribution >= 0.6 is 0 Å². The number of carbonyl (C=O) groups excluding carboxylic acids is 3. The number of para-hydroxylation sites is 3. The molecule has 4 rings (SSSR count). The van der Waals surface area contributed by atoms with E-state index in [2.05, 4.69) is 16.0 Å². The zero-order valence-corrected chi connectivity index (χ0v) is 25.3. The lowest BCUT2D eigenvalue weighted by Gasteiger charge is -2.16. The maximum absolute atomic E-state index is 13.5. The smallest absolute Gasteiger partial charge is 0.337 e. The van der Waals surface area contributed by atoms with E-state index < -0.39 is 121 Å². The summed E-state index contributed by atoms with van der Waals surface area (Å²) in [6.07, 6.45) is 0. The molecule has 0 fully saturated rings. The van der Waals surface area contributed by atoms with Gasteiger partial charge in [0.2, 0.25) is 0 Å². The van der Waals surface area contributed by atoms with Gasteiger partial charge in [-0.25, -0.2) is 28.8 Å². The molecule has 0 spiro atoms. The number of carboxylic acid groups (broad SMARTS) is 6. The molecular weight excluding hydrogens is 678 g/mol. The summed E-state index contributed by atoms with van der Waals surface area (Å²) in [6.45, 7) is 0. The van der Waals surface area contributed by atoms with E-state index >= 15 is 0 Å². The molecule has 51 heavy (non-hydrogen) atoms. The molecule has 4 aromatic carbocycles. The normalized spacial score (nSPS) is 10.4.